The van der Waals surface area contributed by atoms with Crippen molar-refractivity contribution in [3.8, 4) is 0 Å². The smallest absolute Gasteiger partial charge is 0.303 e. The van der Waals surface area contributed by atoms with E-state index in [0.717, 1.165) is 11.1 Å². The highest BCUT2D eigenvalue weighted by Gasteiger charge is 2.38. The van der Waals surface area contributed by atoms with E-state index in [-0.39, 0.29) is 5.92 Å². The molecule has 112 valence electrons. The Bertz CT molecular complexity index is 580. The molecule has 0 fully saturated rings. The molecule has 0 radical (unpaired) electrons. The maximum Gasteiger partial charge on any atom is 0.470 e. The van der Waals surface area contributed by atoms with E-state index in [1.54, 1.807) is 13.8 Å². The monoisotopic (exact) mass is 306 g/mol. The van der Waals surface area contributed by atoms with Crippen LogP contribution in [0.3, 0.4) is 0 Å². The molecule has 0 heterocycles. The van der Waals surface area contributed by atoms with Gasteiger partial charge >= 0.3 is 7.82 Å². The van der Waals surface area contributed by atoms with Crippen LogP contribution in [0.25, 0.3) is 0 Å². The normalized spacial score (nSPS) is 12.6. The van der Waals surface area contributed by atoms with Crippen molar-refractivity contribution >= 4 is 7.82 Å². The molecule has 21 heavy (non-hydrogen) atoms. The third-order valence-corrected chi connectivity index (χ3v) is 4.02. The molecule has 0 aliphatic carbocycles. The summed E-state index contributed by atoms with van der Waals surface area (Å²) < 4.78 is 16.3. The zero-order valence-electron chi connectivity index (χ0n) is 12.0. The second kappa shape index (κ2) is 6.12. The quantitative estimate of drug-likeness (QED) is 0.826. The van der Waals surface area contributed by atoms with Crippen LogP contribution in [0.4, 0.5) is 0 Å². The second-order valence-corrected chi connectivity index (χ2v) is 6.60. The van der Waals surface area contributed by atoms with Crippen molar-refractivity contribution < 1.29 is 18.9 Å². The van der Waals surface area contributed by atoms with Crippen LogP contribution in [0.1, 0.15) is 30.9 Å². The van der Waals surface area contributed by atoms with Crippen LogP contribution < -0.4 is 0 Å². The van der Waals surface area contributed by atoms with Gasteiger partial charge in [0.2, 0.25) is 0 Å². The Kier molecular flexibility index (Phi) is 4.64. The minimum atomic E-state index is -4.58. The Morgan fingerprint density at radius 3 is 1.62 bits per heavy atom. The molecule has 0 amide bonds. The lowest BCUT2D eigenvalue weighted by Crippen LogP contribution is -2.32. The summed E-state index contributed by atoms with van der Waals surface area (Å²) in [5, 5.41) is 0. The van der Waals surface area contributed by atoms with E-state index in [0.29, 0.717) is 0 Å². The molecule has 0 aliphatic heterocycles. The first-order valence-corrected chi connectivity index (χ1v) is 8.19. The number of rotatable bonds is 5. The largest absolute Gasteiger partial charge is 0.470 e. The van der Waals surface area contributed by atoms with Gasteiger partial charge in [0.05, 0.1) is 5.60 Å². The molecule has 0 aliphatic rings. The van der Waals surface area contributed by atoms with Gasteiger partial charge in [-0.15, -0.1) is 0 Å². The highest BCUT2D eigenvalue weighted by Crippen LogP contribution is 2.48. The van der Waals surface area contributed by atoms with Gasteiger partial charge in [0, 0.05) is 5.92 Å². The van der Waals surface area contributed by atoms with Gasteiger partial charge in [-0.3, -0.25) is 4.52 Å². The molecule has 4 nitrogen and oxygen atoms in total. The number of phosphoric ester groups is 1. The highest BCUT2D eigenvalue weighted by molar-refractivity contribution is 7.46. The number of phosphoric acid groups is 1. The Balaban J connectivity index is 2.49. The first kappa shape index (κ1) is 15.9. The summed E-state index contributed by atoms with van der Waals surface area (Å²) in [5.74, 6) is -0.285. The fourth-order valence-corrected chi connectivity index (χ4v) is 3.36. The Labute approximate surface area is 124 Å². The van der Waals surface area contributed by atoms with Crippen molar-refractivity contribution in [3.05, 3.63) is 71.8 Å². The SMILES string of the molecule is CC(C)(OP(=O)(O)O)C(c1ccccc1)c1ccccc1. The van der Waals surface area contributed by atoms with Crippen molar-refractivity contribution in [3.63, 3.8) is 0 Å². The van der Waals surface area contributed by atoms with Crippen LogP contribution >= 0.6 is 7.82 Å². The molecule has 5 heteroatoms. The summed E-state index contributed by atoms with van der Waals surface area (Å²) in [6, 6.07) is 19.1. The summed E-state index contributed by atoms with van der Waals surface area (Å²) in [5.41, 5.74) is 0.839. The number of benzene rings is 2. The molecule has 0 aromatic heterocycles. The lowest BCUT2D eigenvalue weighted by atomic mass is 9.79. The maximum absolute atomic E-state index is 11.3. The topological polar surface area (TPSA) is 66.8 Å². The van der Waals surface area contributed by atoms with Crippen LogP contribution in [0.2, 0.25) is 0 Å². The van der Waals surface area contributed by atoms with E-state index < -0.39 is 13.4 Å². The number of hydrogen-bond acceptors (Lipinski definition) is 2. The minimum Gasteiger partial charge on any atom is -0.303 e. The van der Waals surface area contributed by atoms with Gasteiger partial charge in [0.15, 0.2) is 0 Å². The van der Waals surface area contributed by atoms with E-state index in [4.69, 9.17) is 4.52 Å². The predicted octanol–water partition coefficient (Wildman–Crippen LogP) is 3.71. The molecule has 0 bridgehead atoms. The van der Waals surface area contributed by atoms with Gasteiger partial charge in [-0.2, -0.15) is 0 Å². The van der Waals surface area contributed by atoms with Gasteiger partial charge in [-0.1, -0.05) is 60.7 Å². The summed E-state index contributed by atoms with van der Waals surface area (Å²) in [4.78, 5) is 18.4. The first-order chi connectivity index (χ1) is 9.80. The fourth-order valence-electron chi connectivity index (χ4n) is 2.65. The average molecular weight is 306 g/mol. The third kappa shape index (κ3) is 4.26. The van der Waals surface area contributed by atoms with Crippen molar-refractivity contribution in [2.24, 2.45) is 0 Å². The van der Waals surface area contributed by atoms with Gasteiger partial charge in [-0.05, 0) is 25.0 Å². The van der Waals surface area contributed by atoms with E-state index >= 15 is 0 Å². The van der Waals surface area contributed by atoms with Gasteiger partial charge in [-0.25, -0.2) is 4.57 Å². The van der Waals surface area contributed by atoms with Crippen molar-refractivity contribution in [1.29, 1.82) is 0 Å². The molecule has 0 spiro atoms. The summed E-state index contributed by atoms with van der Waals surface area (Å²) in [7, 11) is -4.58. The molecule has 2 aromatic rings. The molecule has 0 saturated carbocycles. The van der Waals surface area contributed by atoms with Crippen LogP contribution in [0.5, 0.6) is 0 Å². The highest BCUT2D eigenvalue weighted by atomic mass is 31.2. The fraction of sp³-hybridized carbons (Fsp3) is 0.250. The van der Waals surface area contributed by atoms with Crippen LogP contribution in [-0.4, -0.2) is 15.4 Å². The van der Waals surface area contributed by atoms with Gasteiger partial charge in [0.1, 0.15) is 0 Å². The molecule has 2 rings (SSSR count). The molecular formula is C16H19O4P. The van der Waals surface area contributed by atoms with Crippen LogP contribution in [0.15, 0.2) is 60.7 Å². The molecule has 2 N–H and O–H groups in total. The van der Waals surface area contributed by atoms with Crippen molar-refractivity contribution in [2.75, 3.05) is 0 Å². The summed E-state index contributed by atoms with van der Waals surface area (Å²) in [6.45, 7) is 3.38. The van der Waals surface area contributed by atoms with Gasteiger partial charge < -0.3 is 9.79 Å². The van der Waals surface area contributed by atoms with Crippen LogP contribution in [0, 0.1) is 0 Å². The standard InChI is InChI=1S/C16H19O4P/c1-16(2,20-21(17,18)19)15(13-9-5-3-6-10-13)14-11-7-4-8-12-14/h3-12,15H,1-2H3,(H2,17,18,19). The third-order valence-electron chi connectivity index (χ3n) is 3.32. The van der Waals surface area contributed by atoms with E-state index in [2.05, 4.69) is 0 Å². The lowest BCUT2D eigenvalue weighted by Gasteiger charge is -2.35. The van der Waals surface area contributed by atoms with E-state index in [9.17, 15) is 14.4 Å². The maximum atomic E-state index is 11.3. The zero-order chi connectivity index (χ0) is 15.5. The molecular weight excluding hydrogens is 287 g/mol. The molecule has 0 atom stereocenters. The average Bonchev–Trinajstić information content (AvgIpc) is 2.38. The molecule has 2 aromatic carbocycles. The van der Waals surface area contributed by atoms with Crippen LogP contribution in [-0.2, 0) is 9.09 Å². The Morgan fingerprint density at radius 1 is 0.905 bits per heavy atom. The second-order valence-electron chi connectivity index (χ2n) is 5.44. The zero-order valence-corrected chi connectivity index (χ0v) is 12.9. The Morgan fingerprint density at radius 2 is 1.29 bits per heavy atom. The molecule has 0 saturated heterocycles. The predicted molar refractivity (Wildman–Crippen MR) is 81.9 cm³/mol. The first-order valence-electron chi connectivity index (χ1n) is 6.66. The Hall–Kier alpha value is -1.45. The lowest BCUT2D eigenvalue weighted by molar-refractivity contribution is 0.0515. The van der Waals surface area contributed by atoms with E-state index in [1.807, 2.05) is 60.7 Å². The summed E-state index contributed by atoms with van der Waals surface area (Å²) >= 11 is 0. The van der Waals surface area contributed by atoms with E-state index in [1.165, 1.54) is 0 Å². The molecule has 0 unspecified atom stereocenters. The van der Waals surface area contributed by atoms with Gasteiger partial charge in [0.25, 0.3) is 0 Å². The van der Waals surface area contributed by atoms with Crippen molar-refractivity contribution in [2.45, 2.75) is 25.4 Å². The summed E-state index contributed by atoms with van der Waals surface area (Å²) in [6.07, 6.45) is 0. The number of hydrogen-bond donors (Lipinski definition) is 2. The van der Waals surface area contributed by atoms with Crippen molar-refractivity contribution in [1.82, 2.24) is 0 Å². The minimum absolute atomic E-state index is 0.285.